The third-order valence-corrected chi connectivity index (χ3v) is 5.45. The molecule has 0 unspecified atom stereocenters. The van der Waals surface area contributed by atoms with Crippen LogP contribution in [0, 0.1) is 6.92 Å². The van der Waals surface area contributed by atoms with E-state index in [2.05, 4.69) is 91.9 Å². The van der Waals surface area contributed by atoms with Gasteiger partial charge in [-0.05, 0) is 50.2 Å². The first kappa shape index (κ1) is 17.8. The summed E-state index contributed by atoms with van der Waals surface area (Å²) in [5.74, 6) is -1.08. The number of carboxylic acid groups (broad SMARTS) is 1. The number of carbonyl (C=O) groups is 1. The molecule has 122 valence electrons. The molecule has 0 saturated carbocycles. The highest BCUT2D eigenvalue weighted by molar-refractivity contribution is 7.97. The fourth-order valence-corrected chi connectivity index (χ4v) is 4.28. The molecule has 0 spiro atoms. The molecule has 0 aromatic heterocycles. The lowest BCUT2D eigenvalue weighted by Crippen LogP contribution is -2.16. The summed E-state index contributed by atoms with van der Waals surface area (Å²) in [4.78, 5) is 13.0. The Morgan fingerprint density at radius 2 is 1.04 bits per heavy atom. The highest BCUT2D eigenvalue weighted by atomic mass is 32.2. The fourth-order valence-electron chi connectivity index (χ4n) is 2.20. The monoisotopic (exact) mass is 336 g/mol. The lowest BCUT2D eigenvalue weighted by molar-refractivity contribution is -0.302. The van der Waals surface area contributed by atoms with Crippen molar-refractivity contribution < 1.29 is 9.90 Å². The van der Waals surface area contributed by atoms with Crippen molar-refractivity contribution in [2.24, 2.45) is 0 Å². The number of hydrogen-bond acceptors (Lipinski definition) is 2. The van der Waals surface area contributed by atoms with E-state index in [-0.39, 0.29) is 10.9 Å². The van der Waals surface area contributed by atoms with Gasteiger partial charge in [-0.2, -0.15) is 0 Å². The topological polar surface area (TPSA) is 40.1 Å². The van der Waals surface area contributed by atoms with Crippen LogP contribution in [0.5, 0.6) is 0 Å². The van der Waals surface area contributed by atoms with Crippen molar-refractivity contribution in [1.29, 1.82) is 0 Å². The molecule has 24 heavy (non-hydrogen) atoms. The van der Waals surface area contributed by atoms with Gasteiger partial charge in [0.25, 0.3) is 0 Å². The zero-order valence-corrected chi connectivity index (χ0v) is 14.6. The minimum atomic E-state index is -1.08. The summed E-state index contributed by atoms with van der Waals surface area (Å²) >= 11 is 0. The van der Waals surface area contributed by atoms with E-state index in [4.69, 9.17) is 9.90 Å². The zero-order valence-electron chi connectivity index (χ0n) is 13.8. The molecule has 0 saturated heterocycles. The number of benzene rings is 3. The Morgan fingerprint density at radius 1 is 0.708 bits per heavy atom. The molecule has 0 radical (unpaired) electrons. The van der Waals surface area contributed by atoms with Gasteiger partial charge in [0.2, 0.25) is 0 Å². The third kappa shape index (κ3) is 5.28. The summed E-state index contributed by atoms with van der Waals surface area (Å²) in [5.41, 5.74) is 1.30. The lowest BCUT2D eigenvalue weighted by atomic mass is 10.2. The van der Waals surface area contributed by atoms with Gasteiger partial charge in [0.05, 0.1) is 10.9 Å². The van der Waals surface area contributed by atoms with Crippen molar-refractivity contribution in [2.75, 3.05) is 0 Å². The Kier molecular flexibility index (Phi) is 6.64. The second kappa shape index (κ2) is 8.94. The smallest absolute Gasteiger partial charge is 0.166 e. The molecule has 3 heteroatoms. The van der Waals surface area contributed by atoms with E-state index in [1.165, 1.54) is 20.2 Å². The average molecular weight is 336 g/mol. The van der Waals surface area contributed by atoms with Gasteiger partial charge >= 0.3 is 0 Å². The maximum absolute atomic E-state index is 8.89. The first-order valence-electron chi connectivity index (χ1n) is 7.66. The predicted octanol–water partition coefficient (Wildman–Crippen LogP) is 3.85. The first-order valence-corrected chi connectivity index (χ1v) is 8.89. The molecule has 0 atom stereocenters. The van der Waals surface area contributed by atoms with Gasteiger partial charge in [-0.15, -0.1) is 0 Å². The highest BCUT2D eigenvalue weighted by Crippen LogP contribution is 2.30. The van der Waals surface area contributed by atoms with Crippen LogP contribution in [-0.2, 0) is 15.7 Å². The molecule has 0 heterocycles. The van der Waals surface area contributed by atoms with Gasteiger partial charge in [0.15, 0.2) is 14.7 Å². The normalized spacial score (nSPS) is 9.96. The lowest BCUT2D eigenvalue weighted by Gasteiger charge is -2.07. The van der Waals surface area contributed by atoms with Crippen LogP contribution in [0.25, 0.3) is 0 Å². The van der Waals surface area contributed by atoms with Gasteiger partial charge in [0.1, 0.15) is 0 Å². The number of aliphatic carboxylic acids is 1. The van der Waals surface area contributed by atoms with Gasteiger partial charge < -0.3 is 9.90 Å². The maximum atomic E-state index is 8.89. The molecule has 3 rings (SSSR count). The number of hydrogen-bond donors (Lipinski definition) is 0. The van der Waals surface area contributed by atoms with Crippen molar-refractivity contribution in [1.82, 2.24) is 0 Å². The molecule has 3 aromatic carbocycles. The molecule has 0 fully saturated rings. The van der Waals surface area contributed by atoms with E-state index < -0.39 is 5.97 Å². The molecule has 0 amide bonds. The van der Waals surface area contributed by atoms with Crippen LogP contribution in [0.2, 0.25) is 0 Å². The standard InChI is InChI=1S/C19H17S.C2H4O2/c1-16-12-14-19(15-13-16)20(17-8-4-2-5-9-17)18-10-6-3-7-11-18;1-2(3)4/h2-15H,1H3;1H3,(H,3,4)/q+1;/p-1. The van der Waals surface area contributed by atoms with Gasteiger partial charge in [-0.1, -0.05) is 54.1 Å². The van der Waals surface area contributed by atoms with E-state index in [0.717, 1.165) is 6.92 Å². The van der Waals surface area contributed by atoms with E-state index in [0.29, 0.717) is 0 Å². The van der Waals surface area contributed by atoms with Crippen molar-refractivity contribution in [3.8, 4) is 0 Å². The van der Waals surface area contributed by atoms with Crippen LogP contribution < -0.4 is 5.11 Å². The van der Waals surface area contributed by atoms with Crippen LogP contribution in [0.3, 0.4) is 0 Å². The summed E-state index contributed by atoms with van der Waals surface area (Å²) in [6.45, 7) is 3.10. The molecule has 0 N–H and O–H groups in total. The molecule has 3 aromatic rings. The number of rotatable bonds is 3. The van der Waals surface area contributed by atoms with Gasteiger partial charge in [-0.25, -0.2) is 0 Å². The Balaban J connectivity index is 0.000000471. The molecule has 0 aliphatic rings. The minimum Gasteiger partial charge on any atom is -0.550 e. The zero-order chi connectivity index (χ0) is 17.4. The number of carbonyl (C=O) groups excluding carboxylic acids is 1. The van der Waals surface area contributed by atoms with Crippen molar-refractivity contribution in [2.45, 2.75) is 28.5 Å². The summed E-state index contributed by atoms with van der Waals surface area (Å²) in [7, 11) is -0.0229. The van der Waals surface area contributed by atoms with Crippen LogP contribution in [-0.4, -0.2) is 5.97 Å². The summed E-state index contributed by atoms with van der Waals surface area (Å²) in [6.07, 6.45) is 0. The van der Waals surface area contributed by atoms with E-state index >= 15 is 0 Å². The van der Waals surface area contributed by atoms with Crippen LogP contribution in [0.1, 0.15) is 12.5 Å². The van der Waals surface area contributed by atoms with Crippen LogP contribution in [0.4, 0.5) is 0 Å². The number of carboxylic acids is 1. The van der Waals surface area contributed by atoms with Crippen LogP contribution >= 0.6 is 0 Å². The van der Waals surface area contributed by atoms with Crippen molar-refractivity contribution >= 4 is 16.9 Å². The largest absolute Gasteiger partial charge is 0.550 e. The Bertz CT molecular complexity index is 709. The van der Waals surface area contributed by atoms with Crippen molar-refractivity contribution in [3.63, 3.8) is 0 Å². The second-order valence-electron chi connectivity index (χ2n) is 5.24. The molecule has 2 nitrogen and oxygen atoms in total. The summed E-state index contributed by atoms with van der Waals surface area (Å²) in [6, 6.07) is 30.4. The number of aryl methyl sites for hydroxylation is 1. The van der Waals surface area contributed by atoms with E-state index in [1.807, 2.05) is 0 Å². The Hall–Kier alpha value is -2.52. The summed E-state index contributed by atoms with van der Waals surface area (Å²) in [5, 5.41) is 8.89. The highest BCUT2D eigenvalue weighted by Gasteiger charge is 2.27. The Labute approximate surface area is 146 Å². The maximum Gasteiger partial charge on any atom is 0.166 e. The second-order valence-corrected chi connectivity index (χ2v) is 7.26. The summed E-state index contributed by atoms with van der Waals surface area (Å²) < 4.78 is 0. The minimum absolute atomic E-state index is 0.0229. The van der Waals surface area contributed by atoms with Gasteiger partial charge in [0, 0.05) is 5.97 Å². The fraction of sp³-hybridized carbons (Fsp3) is 0.0952. The molecular weight excluding hydrogens is 316 g/mol. The van der Waals surface area contributed by atoms with Gasteiger partial charge in [-0.3, -0.25) is 0 Å². The predicted molar refractivity (Wildman–Crippen MR) is 96.9 cm³/mol. The Morgan fingerprint density at radius 3 is 1.42 bits per heavy atom. The molecule has 0 bridgehead atoms. The molecular formula is C21H20O2S. The average Bonchev–Trinajstić information content (AvgIpc) is 2.58. The van der Waals surface area contributed by atoms with Crippen LogP contribution in [0.15, 0.2) is 99.6 Å². The third-order valence-electron chi connectivity index (χ3n) is 3.21. The van der Waals surface area contributed by atoms with Crippen molar-refractivity contribution in [3.05, 3.63) is 90.5 Å². The SMILES string of the molecule is CC(=O)[O-].Cc1ccc([S+](c2ccccc2)c2ccccc2)cc1. The molecule has 0 aliphatic carbocycles. The van der Waals surface area contributed by atoms with E-state index in [1.54, 1.807) is 0 Å². The quantitative estimate of drug-likeness (QED) is 0.682. The van der Waals surface area contributed by atoms with E-state index in [9.17, 15) is 0 Å². The first-order chi connectivity index (χ1) is 11.6. The molecule has 0 aliphatic heterocycles.